The van der Waals surface area contributed by atoms with Crippen LogP contribution in [0.3, 0.4) is 0 Å². The number of amides is 3. The standard InChI is InChI=1S/C12H18IN2O4/c1-8(16)3-5-14-10(17)4-6-15-11(18)7-9(13-2)12(15)19/h9H,3-7H2,1-2H3,(H,14,17)/q-1. The summed E-state index contributed by atoms with van der Waals surface area (Å²) in [6.45, 7) is 1.91. The van der Waals surface area contributed by atoms with Gasteiger partial charge in [-0.15, -0.1) is 0 Å². The summed E-state index contributed by atoms with van der Waals surface area (Å²) < 4.78 is -0.118. The Morgan fingerprint density at radius 2 is 2.05 bits per heavy atom. The van der Waals surface area contributed by atoms with Gasteiger partial charge in [0.05, 0.1) is 0 Å². The first-order valence-electron chi connectivity index (χ1n) is 6.04. The molecule has 1 heterocycles. The van der Waals surface area contributed by atoms with Crippen molar-refractivity contribution in [3.8, 4) is 0 Å². The maximum atomic E-state index is 11.8. The summed E-state index contributed by atoms with van der Waals surface area (Å²) in [4.78, 5) is 48.8. The first-order chi connectivity index (χ1) is 8.95. The third-order valence-corrected chi connectivity index (χ3v) is 5.29. The van der Waals surface area contributed by atoms with E-state index >= 15 is 0 Å². The van der Waals surface area contributed by atoms with Crippen LogP contribution in [0.5, 0.6) is 0 Å². The van der Waals surface area contributed by atoms with Crippen LogP contribution in [0, 0.1) is 0 Å². The third kappa shape index (κ3) is 4.88. The molecule has 0 saturated carbocycles. The van der Waals surface area contributed by atoms with Crippen molar-refractivity contribution in [3.63, 3.8) is 0 Å². The molecule has 0 aliphatic carbocycles. The molecule has 0 bridgehead atoms. The summed E-state index contributed by atoms with van der Waals surface area (Å²) in [7, 11) is 0. The predicted octanol–water partition coefficient (Wildman–Crippen LogP) is -3.68. The molecule has 108 valence electrons. The van der Waals surface area contributed by atoms with E-state index in [1.165, 1.54) is 11.8 Å². The van der Waals surface area contributed by atoms with Gasteiger partial charge < -0.3 is 0 Å². The quantitative estimate of drug-likeness (QED) is 0.280. The van der Waals surface area contributed by atoms with Gasteiger partial charge in [-0.05, 0) is 0 Å². The zero-order chi connectivity index (χ0) is 14.4. The third-order valence-electron chi connectivity index (χ3n) is 2.81. The Morgan fingerprint density at radius 3 is 2.58 bits per heavy atom. The van der Waals surface area contributed by atoms with Gasteiger partial charge in [-0.1, -0.05) is 0 Å². The van der Waals surface area contributed by atoms with Crippen LogP contribution in [0.1, 0.15) is 26.2 Å². The van der Waals surface area contributed by atoms with E-state index in [1.54, 1.807) is 0 Å². The van der Waals surface area contributed by atoms with Crippen molar-refractivity contribution in [2.75, 3.05) is 18.0 Å². The fourth-order valence-corrected chi connectivity index (χ4v) is 3.41. The van der Waals surface area contributed by atoms with E-state index in [0.29, 0.717) is 19.4 Å². The molecule has 1 aliphatic rings. The fraction of sp³-hybridized carbons (Fsp3) is 0.667. The molecular formula is C12H18IN2O4-. The predicted molar refractivity (Wildman–Crippen MR) is 64.0 cm³/mol. The van der Waals surface area contributed by atoms with Gasteiger partial charge in [0.1, 0.15) is 0 Å². The van der Waals surface area contributed by atoms with Crippen LogP contribution in [0.15, 0.2) is 0 Å². The number of halogens is 1. The van der Waals surface area contributed by atoms with E-state index in [0.717, 1.165) is 0 Å². The summed E-state index contributed by atoms with van der Waals surface area (Å²) in [6, 6.07) is 0. The van der Waals surface area contributed by atoms with Crippen molar-refractivity contribution in [1.29, 1.82) is 0 Å². The molecule has 1 N–H and O–H groups in total. The van der Waals surface area contributed by atoms with E-state index in [1.807, 2.05) is 4.93 Å². The number of nitrogens with zero attached hydrogens (tertiary/aromatic N) is 1. The molecule has 7 heteroatoms. The molecule has 1 unspecified atom stereocenters. The van der Waals surface area contributed by atoms with Gasteiger partial charge in [0.25, 0.3) is 0 Å². The second-order valence-corrected chi connectivity index (χ2v) is 7.07. The molecule has 1 aliphatic heterocycles. The van der Waals surface area contributed by atoms with Crippen LogP contribution in [0.25, 0.3) is 0 Å². The molecule has 1 fully saturated rings. The molecule has 6 nitrogen and oxygen atoms in total. The Morgan fingerprint density at radius 1 is 1.37 bits per heavy atom. The second kappa shape index (κ2) is 7.56. The number of nitrogens with one attached hydrogen (secondary N) is 1. The van der Waals surface area contributed by atoms with Gasteiger partial charge in [-0.2, -0.15) is 0 Å². The normalized spacial score (nSPS) is 19.1. The maximum absolute atomic E-state index is 11.8. The molecule has 1 atom stereocenters. The summed E-state index contributed by atoms with van der Waals surface area (Å²) in [5.41, 5.74) is 0. The second-order valence-electron chi connectivity index (χ2n) is 4.33. The van der Waals surface area contributed by atoms with Crippen molar-refractivity contribution in [3.05, 3.63) is 0 Å². The Balaban J connectivity index is 2.32. The van der Waals surface area contributed by atoms with Crippen LogP contribution >= 0.6 is 0 Å². The number of ketones is 1. The average Bonchev–Trinajstić information content (AvgIpc) is 2.61. The zero-order valence-electron chi connectivity index (χ0n) is 11.1. The number of hydrogen-bond acceptors (Lipinski definition) is 4. The first kappa shape index (κ1) is 16.1. The molecular weight excluding hydrogens is 363 g/mol. The Labute approximate surface area is 122 Å². The molecule has 0 aromatic heterocycles. The number of rotatable bonds is 7. The van der Waals surface area contributed by atoms with Gasteiger partial charge >= 0.3 is 122 Å². The number of likely N-dealkylation sites (tertiary alicyclic amines) is 1. The van der Waals surface area contributed by atoms with Crippen LogP contribution in [0.4, 0.5) is 0 Å². The van der Waals surface area contributed by atoms with Gasteiger partial charge in [0.2, 0.25) is 0 Å². The van der Waals surface area contributed by atoms with Gasteiger partial charge in [0.15, 0.2) is 0 Å². The number of Topliss-reactive ketones (excluding diaryl/α,β-unsaturated/α-hetero) is 1. The SMILES string of the molecule is C[I-]C1CC(=O)N(CCC(=O)NCCC(C)=O)C1=O. The van der Waals surface area contributed by atoms with Crippen molar-refractivity contribution < 1.29 is 40.4 Å². The molecule has 0 aromatic rings. The van der Waals surface area contributed by atoms with Crippen molar-refractivity contribution in [1.82, 2.24) is 10.2 Å². The van der Waals surface area contributed by atoms with Gasteiger partial charge in [-0.3, -0.25) is 0 Å². The fourth-order valence-electron chi connectivity index (χ4n) is 1.73. The minimum atomic E-state index is -0.285. The zero-order valence-corrected chi connectivity index (χ0v) is 13.2. The molecule has 0 radical (unpaired) electrons. The first-order valence-corrected chi connectivity index (χ1v) is 9.44. The number of alkyl halides is 2. The van der Waals surface area contributed by atoms with Crippen LogP contribution in [-0.4, -0.2) is 50.3 Å². The molecule has 0 aromatic carbocycles. The molecule has 0 spiro atoms. The van der Waals surface area contributed by atoms with Crippen molar-refractivity contribution >= 4 is 23.5 Å². The van der Waals surface area contributed by atoms with E-state index < -0.39 is 0 Å². The summed E-state index contributed by atoms with van der Waals surface area (Å²) in [5, 5.41) is 2.59. The van der Waals surface area contributed by atoms with E-state index in [4.69, 9.17) is 0 Å². The van der Waals surface area contributed by atoms with E-state index in [-0.39, 0.29) is 61.6 Å². The minimum absolute atomic E-state index is 0.0138. The van der Waals surface area contributed by atoms with Crippen molar-refractivity contribution in [2.45, 2.75) is 30.1 Å². The number of imide groups is 1. The van der Waals surface area contributed by atoms with Crippen LogP contribution in [0.2, 0.25) is 0 Å². The van der Waals surface area contributed by atoms with Gasteiger partial charge in [-0.25, -0.2) is 0 Å². The van der Waals surface area contributed by atoms with Crippen LogP contribution < -0.4 is 26.5 Å². The number of carbonyl (C=O) groups is 4. The Hall–Kier alpha value is -0.990. The molecule has 1 rings (SSSR count). The monoisotopic (exact) mass is 381 g/mol. The number of carbonyl (C=O) groups excluding carboxylic acids is 4. The summed E-state index contributed by atoms with van der Waals surface area (Å²) >= 11 is -0.285. The van der Waals surface area contributed by atoms with Gasteiger partial charge in [0, 0.05) is 0 Å². The molecule has 19 heavy (non-hydrogen) atoms. The molecule has 1 saturated heterocycles. The van der Waals surface area contributed by atoms with E-state index in [9.17, 15) is 19.2 Å². The van der Waals surface area contributed by atoms with E-state index in [2.05, 4.69) is 5.32 Å². The molecule has 3 amide bonds. The number of hydrogen-bond donors (Lipinski definition) is 1. The van der Waals surface area contributed by atoms with Crippen molar-refractivity contribution in [2.24, 2.45) is 0 Å². The Bertz CT molecular complexity index is 397. The average molecular weight is 381 g/mol. The Kier molecular flexibility index (Phi) is 6.40. The van der Waals surface area contributed by atoms with Crippen LogP contribution in [-0.2, 0) is 19.2 Å². The summed E-state index contributed by atoms with van der Waals surface area (Å²) in [5.74, 6) is -0.527. The topological polar surface area (TPSA) is 83.6 Å². The summed E-state index contributed by atoms with van der Waals surface area (Å²) in [6.07, 6.45) is 0.703.